The van der Waals surface area contributed by atoms with Crippen molar-refractivity contribution in [1.82, 2.24) is 5.32 Å². The van der Waals surface area contributed by atoms with E-state index < -0.39 is 0 Å². The van der Waals surface area contributed by atoms with Crippen molar-refractivity contribution in [3.05, 3.63) is 23.3 Å². The summed E-state index contributed by atoms with van der Waals surface area (Å²) in [4.78, 5) is 0. The summed E-state index contributed by atoms with van der Waals surface area (Å²) in [5.41, 5.74) is 2.74. The van der Waals surface area contributed by atoms with Crippen molar-refractivity contribution >= 4 is 0 Å². The van der Waals surface area contributed by atoms with Crippen LogP contribution in [0.4, 0.5) is 0 Å². The van der Waals surface area contributed by atoms with E-state index in [0.717, 1.165) is 24.6 Å². The Kier molecular flexibility index (Phi) is 2.93. The first kappa shape index (κ1) is 10.9. The van der Waals surface area contributed by atoms with Crippen molar-refractivity contribution in [1.29, 1.82) is 0 Å². The summed E-state index contributed by atoms with van der Waals surface area (Å²) in [6.45, 7) is 5.73. The van der Waals surface area contributed by atoms with Gasteiger partial charge in [0.1, 0.15) is 13.2 Å². The Bertz CT molecular complexity index is 411. The minimum absolute atomic E-state index is 0.625. The number of ether oxygens (including phenoxy) is 2. The smallest absolute Gasteiger partial charge is 0.161 e. The van der Waals surface area contributed by atoms with Gasteiger partial charge < -0.3 is 14.8 Å². The molecule has 92 valence electrons. The topological polar surface area (TPSA) is 30.5 Å². The van der Waals surface area contributed by atoms with Crippen molar-refractivity contribution in [2.45, 2.75) is 25.7 Å². The van der Waals surface area contributed by atoms with Gasteiger partial charge in [0.25, 0.3) is 0 Å². The van der Waals surface area contributed by atoms with Gasteiger partial charge in [-0.15, -0.1) is 0 Å². The number of aryl methyl sites for hydroxylation is 1. The predicted molar refractivity (Wildman–Crippen MR) is 67.0 cm³/mol. The second-order valence-corrected chi connectivity index (χ2v) is 4.90. The Balaban J connectivity index is 1.93. The number of rotatable bonds is 1. The Labute approximate surface area is 102 Å². The number of piperidine rings is 1. The summed E-state index contributed by atoms with van der Waals surface area (Å²) >= 11 is 0. The molecule has 17 heavy (non-hydrogen) atoms. The molecule has 0 spiro atoms. The van der Waals surface area contributed by atoms with Crippen LogP contribution in [0.2, 0.25) is 0 Å². The lowest BCUT2D eigenvalue weighted by atomic mass is 9.88. The van der Waals surface area contributed by atoms with Crippen molar-refractivity contribution in [2.24, 2.45) is 0 Å². The highest BCUT2D eigenvalue weighted by atomic mass is 16.6. The van der Waals surface area contributed by atoms with E-state index in [0.29, 0.717) is 19.1 Å². The van der Waals surface area contributed by atoms with Crippen LogP contribution in [-0.4, -0.2) is 26.3 Å². The third-order valence-corrected chi connectivity index (χ3v) is 3.67. The Hall–Kier alpha value is -1.22. The van der Waals surface area contributed by atoms with Gasteiger partial charge >= 0.3 is 0 Å². The molecule has 2 aliphatic rings. The highest BCUT2D eigenvalue weighted by Gasteiger charge is 2.21. The fraction of sp³-hybridized carbons (Fsp3) is 0.571. The van der Waals surface area contributed by atoms with E-state index in [-0.39, 0.29) is 0 Å². The van der Waals surface area contributed by atoms with E-state index >= 15 is 0 Å². The van der Waals surface area contributed by atoms with Gasteiger partial charge in [0.15, 0.2) is 11.5 Å². The maximum Gasteiger partial charge on any atom is 0.161 e. The molecule has 3 rings (SSSR count). The van der Waals surface area contributed by atoms with Crippen LogP contribution in [0.15, 0.2) is 12.1 Å². The second kappa shape index (κ2) is 4.57. The average Bonchev–Trinajstić information content (AvgIpc) is 2.39. The van der Waals surface area contributed by atoms with E-state index in [1.807, 2.05) is 0 Å². The maximum absolute atomic E-state index is 5.66. The summed E-state index contributed by atoms with van der Waals surface area (Å²) in [5.74, 6) is 2.45. The molecule has 0 aromatic heterocycles. The minimum Gasteiger partial charge on any atom is -0.486 e. The summed E-state index contributed by atoms with van der Waals surface area (Å²) < 4.78 is 11.3. The van der Waals surface area contributed by atoms with E-state index in [1.165, 1.54) is 24.0 Å². The van der Waals surface area contributed by atoms with E-state index in [2.05, 4.69) is 24.4 Å². The molecule has 1 aromatic carbocycles. The molecule has 3 nitrogen and oxygen atoms in total. The average molecular weight is 233 g/mol. The van der Waals surface area contributed by atoms with Crippen molar-refractivity contribution < 1.29 is 9.47 Å². The van der Waals surface area contributed by atoms with Gasteiger partial charge in [0.2, 0.25) is 0 Å². The van der Waals surface area contributed by atoms with E-state index in [4.69, 9.17) is 9.47 Å². The van der Waals surface area contributed by atoms with Gasteiger partial charge in [0.05, 0.1) is 0 Å². The number of hydrogen-bond donors (Lipinski definition) is 1. The summed E-state index contributed by atoms with van der Waals surface area (Å²) in [6, 6.07) is 4.31. The normalized spacial score (nSPS) is 23.5. The first-order valence-electron chi connectivity index (χ1n) is 6.45. The first-order chi connectivity index (χ1) is 8.34. The molecule has 1 saturated heterocycles. The highest BCUT2D eigenvalue weighted by molar-refractivity contribution is 5.49. The molecular weight excluding hydrogens is 214 g/mol. The van der Waals surface area contributed by atoms with Gasteiger partial charge in [-0.3, -0.25) is 0 Å². The molecule has 1 atom stereocenters. The van der Waals surface area contributed by atoms with Crippen LogP contribution < -0.4 is 14.8 Å². The van der Waals surface area contributed by atoms with Crippen LogP contribution in [0, 0.1) is 6.92 Å². The fourth-order valence-electron chi connectivity index (χ4n) is 2.76. The molecule has 2 heterocycles. The Morgan fingerprint density at radius 2 is 1.94 bits per heavy atom. The van der Waals surface area contributed by atoms with Gasteiger partial charge in [-0.25, -0.2) is 0 Å². The molecule has 0 aliphatic carbocycles. The second-order valence-electron chi connectivity index (χ2n) is 4.90. The minimum atomic E-state index is 0.625. The van der Waals surface area contributed by atoms with E-state index in [1.54, 1.807) is 0 Å². The molecule has 1 fully saturated rings. The molecule has 1 unspecified atom stereocenters. The van der Waals surface area contributed by atoms with Gasteiger partial charge in [-0.1, -0.05) is 0 Å². The van der Waals surface area contributed by atoms with Crippen LogP contribution in [0.1, 0.15) is 29.9 Å². The molecular formula is C14H19NO2. The molecule has 0 saturated carbocycles. The zero-order valence-electron chi connectivity index (χ0n) is 10.3. The van der Waals surface area contributed by atoms with Crippen molar-refractivity contribution in [3.8, 4) is 11.5 Å². The van der Waals surface area contributed by atoms with Gasteiger partial charge in [-0.05, 0) is 55.5 Å². The number of benzene rings is 1. The lowest BCUT2D eigenvalue weighted by molar-refractivity contribution is 0.171. The van der Waals surface area contributed by atoms with Gasteiger partial charge in [0, 0.05) is 6.54 Å². The summed E-state index contributed by atoms with van der Waals surface area (Å²) in [7, 11) is 0. The van der Waals surface area contributed by atoms with Crippen LogP contribution in [0.25, 0.3) is 0 Å². The molecule has 0 bridgehead atoms. The molecule has 2 aliphatic heterocycles. The molecule has 0 amide bonds. The zero-order valence-corrected chi connectivity index (χ0v) is 10.3. The first-order valence-corrected chi connectivity index (χ1v) is 6.45. The number of fused-ring (bicyclic) bond motifs is 1. The van der Waals surface area contributed by atoms with Crippen LogP contribution in [0.5, 0.6) is 11.5 Å². The lowest BCUT2D eigenvalue weighted by Crippen LogP contribution is -2.29. The molecule has 1 aromatic rings. The van der Waals surface area contributed by atoms with Crippen molar-refractivity contribution in [2.75, 3.05) is 26.3 Å². The molecule has 0 radical (unpaired) electrons. The molecule has 1 N–H and O–H groups in total. The predicted octanol–water partition coefficient (Wildman–Crippen LogP) is 2.23. The molecule has 3 heteroatoms. The maximum atomic E-state index is 5.66. The van der Waals surface area contributed by atoms with Crippen LogP contribution in [0.3, 0.4) is 0 Å². The van der Waals surface area contributed by atoms with Crippen LogP contribution >= 0.6 is 0 Å². The largest absolute Gasteiger partial charge is 0.486 e. The Morgan fingerprint density at radius 1 is 1.18 bits per heavy atom. The van der Waals surface area contributed by atoms with Gasteiger partial charge in [-0.2, -0.15) is 0 Å². The third-order valence-electron chi connectivity index (χ3n) is 3.67. The van der Waals surface area contributed by atoms with Crippen LogP contribution in [-0.2, 0) is 0 Å². The lowest BCUT2D eigenvalue weighted by Gasteiger charge is -2.27. The monoisotopic (exact) mass is 233 g/mol. The highest BCUT2D eigenvalue weighted by Crippen LogP contribution is 2.37. The Morgan fingerprint density at radius 3 is 2.65 bits per heavy atom. The number of nitrogens with one attached hydrogen (secondary N) is 1. The zero-order chi connectivity index (χ0) is 11.7. The third kappa shape index (κ3) is 2.12. The van der Waals surface area contributed by atoms with Crippen molar-refractivity contribution in [3.63, 3.8) is 0 Å². The van der Waals surface area contributed by atoms with E-state index in [9.17, 15) is 0 Å². The summed E-state index contributed by atoms with van der Waals surface area (Å²) in [6.07, 6.45) is 2.53. The number of hydrogen-bond acceptors (Lipinski definition) is 3. The SMILES string of the molecule is Cc1cc2c(cc1C1CCCNC1)OCCO2. The summed E-state index contributed by atoms with van der Waals surface area (Å²) in [5, 5.41) is 3.47. The standard InChI is InChI=1S/C14H19NO2/c1-10-7-13-14(17-6-5-16-13)8-12(10)11-3-2-4-15-9-11/h7-8,11,15H,2-6,9H2,1H3. The quantitative estimate of drug-likeness (QED) is 0.807. The fourth-order valence-corrected chi connectivity index (χ4v) is 2.76.